The standard InChI is InChI=1S/C12H26N4O/c1-2-3-4-5-6-7-8-9-10-15-12(17)16-11(13)14/h2-10H2,1H3,(H5,13,14,15,16,17). The van der Waals surface area contributed by atoms with Crippen molar-refractivity contribution in [1.82, 2.24) is 10.6 Å². The smallest absolute Gasteiger partial charge is 0.321 e. The van der Waals surface area contributed by atoms with E-state index in [1.165, 1.54) is 38.5 Å². The second kappa shape index (κ2) is 11.2. The monoisotopic (exact) mass is 242 g/mol. The molecule has 0 atom stereocenters. The minimum Gasteiger partial charge on any atom is -0.370 e. The predicted molar refractivity (Wildman–Crippen MR) is 71.1 cm³/mol. The Kier molecular flexibility index (Phi) is 10.4. The molecule has 5 N–H and O–H groups in total. The summed E-state index contributed by atoms with van der Waals surface area (Å²) in [6.45, 7) is 2.87. The van der Waals surface area contributed by atoms with Gasteiger partial charge in [0.05, 0.1) is 0 Å². The van der Waals surface area contributed by atoms with Crippen LogP contribution in [0.3, 0.4) is 0 Å². The maximum atomic E-state index is 11.0. The number of carbonyl (C=O) groups excluding carboxylic acids is 1. The Labute approximate surface area is 104 Å². The summed E-state index contributed by atoms with van der Waals surface area (Å²) in [5.74, 6) is -0.321. The third kappa shape index (κ3) is 12.7. The zero-order valence-corrected chi connectivity index (χ0v) is 10.8. The molecule has 0 aromatic heterocycles. The molecule has 0 heterocycles. The predicted octanol–water partition coefficient (Wildman–Crippen LogP) is 2.32. The Bertz CT molecular complexity index is 219. The minimum absolute atomic E-state index is 0.321. The van der Waals surface area contributed by atoms with Gasteiger partial charge in [-0.05, 0) is 6.42 Å². The van der Waals surface area contributed by atoms with Crippen molar-refractivity contribution in [3.05, 3.63) is 0 Å². The van der Waals surface area contributed by atoms with Gasteiger partial charge in [-0.3, -0.25) is 10.7 Å². The minimum atomic E-state index is -0.388. The van der Waals surface area contributed by atoms with Gasteiger partial charge in [0.1, 0.15) is 0 Å². The molecule has 0 aliphatic rings. The van der Waals surface area contributed by atoms with Crippen molar-refractivity contribution in [1.29, 1.82) is 5.41 Å². The first-order chi connectivity index (χ1) is 8.16. The zero-order valence-electron chi connectivity index (χ0n) is 10.8. The fraction of sp³-hybridized carbons (Fsp3) is 0.833. The fourth-order valence-corrected chi connectivity index (χ4v) is 1.63. The summed E-state index contributed by atoms with van der Waals surface area (Å²) in [4.78, 5) is 11.0. The highest BCUT2D eigenvalue weighted by Gasteiger charge is 1.99. The van der Waals surface area contributed by atoms with Gasteiger partial charge < -0.3 is 11.1 Å². The summed E-state index contributed by atoms with van der Waals surface area (Å²) in [5.41, 5.74) is 5.01. The number of unbranched alkanes of at least 4 members (excludes halogenated alkanes) is 7. The van der Waals surface area contributed by atoms with E-state index >= 15 is 0 Å². The quantitative estimate of drug-likeness (QED) is 0.284. The van der Waals surface area contributed by atoms with Crippen LogP contribution in [0.5, 0.6) is 0 Å². The molecule has 0 radical (unpaired) electrons. The molecule has 17 heavy (non-hydrogen) atoms. The Hall–Kier alpha value is -1.26. The molecule has 2 amide bonds. The molecule has 0 spiro atoms. The Balaban J connectivity index is 3.13. The summed E-state index contributed by atoms with van der Waals surface area (Å²) in [6.07, 6.45) is 9.95. The molecule has 0 aromatic rings. The third-order valence-electron chi connectivity index (χ3n) is 2.56. The highest BCUT2D eigenvalue weighted by Crippen LogP contribution is 2.07. The van der Waals surface area contributed by atoms with E-state index in [1.54, 1.807) is 0 Å². The molecule has 0 fully saturated rings. The van der Waals surface area contributed by atoms with Gasteiger partial charge in [0.25, 0.3) is 0 Å². The van der Waals surface area contributed by atoms with Gasteiger partial charge in [-0.25, -0.2) is 4.79 Å². The van der Waals surface area contributed by atoms with E-state index in [9.17, 15) is 4.79 Å². The van der Waals surface area contributed by atoms with Gasteiger partial charge in [0, 0.05) is 6.54 Å². The number of nitrogens with two attached hydrogens (primary N) is 1. The van der Waals surface area contributed by atoms with Gasteiger partial charge in [-0.1, -0.05) is 51.9 Å². The van der Waals surface area contributed by atoms with Gasteiger partial charge >= 0.3 is 6.03 Å². The van der Waals surface area contributed by atoms with Crippen LogP contribution >= 0.6 is 0 Å². The maximum Gasteiger partial charge on any atom is 0.321 e. The lowest BCUT2D eigenvalue weighted by molar-refractivity contribution is 0.245. The Morgan fingerprint density at radius 1 is 1.06 bits per heavy atom. The van der Waals surface area contributed by atoms with Crippen LogP contribution in [-0.2, 0) is 0 Å². The van der Waals surface area contributed by atoms with Crippen molar-refractivity contribution >= 4 is 12.0 Å². The highest BCUT2D eigenvalue weighted by atomic mass is 16.2. The molecule has 100 valence electrons. The topological polar surface area (TPSA) is 91.0 Å². The SMILES string of the molecule is CCCCCCCCCCNC(=O)NC(=N)N. The van der Waals surface area contributed by atoms with Crippen LogP contribution in [-0.4, -0.2) is 18.5 Å². The van der Waals surface area contributed by atoms with Gasteiger partial charge in [-0.15, -0.1) is 0 Å². The molecule has 0 rings (SSSR count). The summed E-state index contributed by atoms with van der Waals surface area (Å²) in [7, 11) is 0. The summed E-state index contributed by atoms with van der Waals surface area (Å²) < 4.78 is 0. The van der Waals surface area contributed by atoms with E-state index in [4.69, 9.17) is 11.1 Å². The lowest BCUT2D eigenvalue weighted by Gasteiger charge is -2.05. The van der Waals surface area contributed by atoms with E-state index in [-0.39, 0.29) is 12.0 Å². The normalized spacial score (nSPS) is 9.94. The Morgan fingerprint density at radius 2 is 1.59 bits per heavy atom. The number of hydrogen-bond donors (Lipinski definition) is 4. The van der Waals surface area contributed by atoms with Crippen LogP contribution in [0.1, 0.15) is 58.3 Å². The van der Waals surface area contributed by atoms with Crippen molar-refractivity contribution in [3.8, 4) is 0 Å². The average Bonchev–Trinajstić information content (AvgIpc) is 2.26. The van der Waals surface area contributed by atoms with E-state index in [2.05, 4.69) is 17.6 Å². The second-order valence-corrected chi connectivity index (χ2v) is 4.27. The number of nitrogens with one attached hydrogen (secondary N) is 3. The van der Waals surface area contributed by atoms with Gasteiger partial charge in [0.15, 0.2) is 5.96 Å². The maximum absolute atomic E-state index is 11.0. The molecule has 0 aromatic carbocycles. The van der Waals surface area contributed by atoms with E-state index in [1.807, 2.05) is 0 Å². The molecule has 0 unspecified atom stereocenters. The number of urea groups is 1. The molecule has 0 saturated heterocycles. The number of carbonyl (C=O) groups is 1. The summed E-state index contributed by atoms with van der Waals surface area (Å²) in [6, 6.07) is -0.388. The first kappa shape index (κ1) is 15.7. The molecule has 5 nitrogen and oxygen atoms in total. The first-order valence-electron chi connectivity index (χ1n) is 6.55. The molecule has 0 aliphatic carbocycles. The van der Waals surface area contributed by atoms with Crippen LogP contribution in [0, 0.1) is 5.41 Å². The number of rotatable bonds is 9. The fourth-order valence-electron chi connectivity index (χ4n) is 1.63. The largest absolute Gasteiger partial charge is 0.370 e. The average molecular weight is 242 g/mol. The van der Waals surface area contributed by atoms with Gasteiger partial charge in [0.2, 0.25) is 0 Å². The molecule has 0 aliphatic heterocycles. The van der Waals surface area contributed by atoms with E-state index in [0.29, 0.717) is 6.54 Å². The number of amides is 2. The number of hydrogen-bond acceptors (Lipinski definition) is 2. The molecular weight excluding hydrogens is 216 g/mol. The van der Waals surface area contributed by atoms with Crippen molar-refractivity contribution in [3.63, 3.8) is 0 Å². The third-order valence-corrected chi connectivity index (χ3v) is 2.56. The lowest BCUT2D eigenvalue weighted by atomic mass is 10.1. The summed E-state index contributed by atoms with van der Waals surface area (Å²) >= 11 is 0. The van der Waals surface area contributed by atoms with Crippen LogP contribution in [0.25, 0.3) is 0 Å². The summed E-state index contributed by atoms with van der Waals surface area (Å²) in [5, 5.41) is 11.7. The van der Waals surface area contributed by atoms with Crippen LogP contribution in [0.4, 0.5) is 4.79 Å². The molecular formula is C12H26N4O. The Morgan fingerprint density at radius 3 is 2.12 bits per heavy atom. The molecule has 5 heteroatoms. The van der Waals surface area contributed by atoms with E-state index < -0.39 is 0 Å². The zero-order chi connectivity index (χ0) is 12.9. The number of guanidine groups is 1. The van der Waals surface area contributed by atoms with E-state index in [0.717, 1.165) is 12.8 Å². The highest BCUT2D eigenvalue weighted by molar-refractivity contribution is 5.93. The lowest BCUT2D eigenvalue weighted by Crippen LogP contribution is -2.42. The van der Waals surface area contributed by atoms with Crippen molar-refractivity contribution in [2.45, 2.75) is 58.3 Å². The molecule has 0 saturated carbocycles. The molecule has 0 bridgehead atoms. The van der Waals surface area contributed by atoms with Gasteiger partial charge in [-0.2, -0.15) is 0 Å². The van der Waals surface area contributed by atoms with Crippen molar-refractivity contribution in [2.75, 3.05) is 6.54 Å². The van der Waals surface area contributed by atoms with Crippen LogP contribution in [0.2, 0.25) is 0 Å². The van der Waals surface area contributed by atoms with Crippen LogP contribution in [0.15, 0.2) is 0 Å². The van der Waals surface area contributed by atoms with Crippen LogP contribution < -0.4 is 16.4 Å². The van der Waals surface area contributed by atoms with Crippen molar-refractivity contribution in [2.24, 2.45) is 5.73 Å². The van der Waals surface area contributed by atoms with Crippen molar-refractivity contribution < 1.29 is 4.79 Å². The first-order valence-corrected chi connectivity index (χ1v) is 6.55. The second-order valence-electron chi connectivity index (χ2n) is 4.27.